The van der Waals surface area contributed by atoms with E-state index in [-0.39, 0.29) is 11.8 Å². The quantitative estimate of drug-likeness (QED) is 0.881. The third-order valence-corrected chi connectivity index (χ3v) is 4.25. The molecule has 3 rings (SSSR count). The molecule has 2 heterocycles. The number of aromatic nitrogens is 2. The molecule has 2 amide bonds. The number of likely N-dealkylation sites (tertiary alicyclic amines) is 1. The molecule has 1 saturated heterocycles. The van der Waals surface area contributed by atoms with Crippen LogP contribution in [-0.2, 0) is 4.79 Å². The Balaban J connectivity index is 1.62. The molecular formula is C19H23N5O2. The van der Waals surface area contributed by atoms with Crippen LogP contribution in [0.2, 0.25) is 0 Å². The predicted octanol–water partition coefficient (Wildman–Crippen LogP) is 3.19. The van der Waals surface area contributed by atoms with E-state index in [1.807, 2.05) is 17.0 Å². The number of carbonyl (C=O) groups is 2. The minimum atomic E-state index is -0.112. The zero-order valence-corrected chi connectivity index (χ0v) is 14.9. The molecule has 1 fully saturated rings. The molecule has 7 heteroatoms. The van der Waals surface area contributed by atoms with Crippen LogP contribution in [0.25, 0.3) is 0 Å². The SMILES string of the molecule is CC(=O)Nc1ccc(Nc2ncc(C(=O)N3CCCCCC3)cn2)cc1. The molecule has 0 radical (unpaired) electrons. The number of carbonyl (C=O) groups excluding carboxylic acids is 2. The van der Waals surface area contributed by atoms with Gasteiger partial charge in [0.1, 0.15) is 0 Å². The van der Waals surface area contributed by atoms with Crippen molar-refractivity contribution >= 4 is 29.1 Å². The third-order valence-electron chi connectivity index (χ3n) is 4.25. The van der Waals surface area contributed by atoms with Gasteiger partial charge in [-0.05, 0) is 37.1 Å². The Labute approximate surface area is 152 Å². The van der Waals surface area contributed by atoms with E-state index in [0.29, 0.717) is 11.5 Å². The number of nitrogens with zero attached hydrogens (tertiary/aromatic N) is 3. The van der Waals surface area contributed by atoms with Crippen LogP contribution in [0.4, 0.5) is 17.3 Å². The number of benzene rings is 1. The lowest BCUT2D eigenvalue weighted by Crippen LogP contribution is -2.32. The molecule has 7 nitrogen and oxygen atoms in total. The summed E-state index contributed by atoms with van der Waals surface area (Å²) in [6.07, 6.45) is 7.61. The zero-order valence-electron chi connectivity index (χ0n) is 14.9. The van der Waals surface area contributed by atoms with E-state index in [0.717, 1.165) is 37.3 Å². The second-order valence-electron chi connectivity index (χ2n) is 6.39. The zero-order chi connectivity index (χ0) is 18.4. The van der Waals surface area contributed by atoms with Gasteiger partial charge in [0.15, 0.2) is 0 Å². The second-order valence-corrected chi connectivity index (χ2v) is 6.39. The Morgan fingerprint density at radius 3 is 2.08 bits per heavy atom. The van der Waals surface area contributed by atoms with E-state index in [9.17, 15) is 9.59 Å². The normalized spacial score (nSPS) is 14.4. The molecule has 2 aromatic rings. The van der Waals surface area contributed by atoms with Gasteiger partial charge in [0.25, 0.3) is 5.91 Å². The summed E-state index contributed by atoms with van der Waals surface area (Å²) in [5.74, 6) is 0.307. The van der Waals surface area contributed by atoms with Crippen LogP contribution in [0.15, 0.2) is 36.7 Å². The van der Waals surface area contributed by atoms with Crippen LogP contribution in [0.3, 0.4) is 0 Å². The number of amides is 2. The molecule has 2 N–H and O–H groups in total. The number of hydrogen-bond donors (Lipinski definition) is 2. The summed E-state index contributed by atoms with van der Waals surface area (Å²) in [7, 11) is 0. The van der Waals surface area contributed by atoms with Gasteiger partial charge < -0.3 is 15.5 Å². The van der Waals surface area contributed by atoms with Crippen LogP contribution in [0.5, 0.6) is 0 Å². The third kappa shape index (κ3) is 4.78. The largest absolute Gasteiger partial charge is 0.339 e. The fraction of sp³-hybridized carbons (Fsp3) is 0.368. The maximum atomic E-state index is 12.5. The Bertz CT molecular complexity index is 751. The number of nitrogens with one attached hydrogen (secondary N) is 2. The highest BCUT2D eigenvalue weighted by Gasteiger charge is 2.17. The van der Waals surface area contributed by atoms with Gasteiger partial charge in [0, 0.05) is 43.8 Å². The minimum absolute atomic E-state index is 0.00175. The number of anilines is 3. The van der Waals surface area contributed by atoms with Crippen molar-refractivity contribution in [3.8, 4) is 0 Å². The lowest BCUT2D eigenvalue weighted by atomic mass is 10.2. The van der Waals surface area contributed by atoms with E-state index in [1.54, 1.807) is 24.5 Å². The van der Waals surface area contributed by atoms with Crippen molar-refractivity contribution in [1.82, 2.24) is 14.9 Å². The number of hydrogen-bond acceptors (Lipinski definition) is 5. The molecule has 1 aliphatic rings. The molecule has 0 bridgehead atoms. The first-order valence-corrected chi connectivity index (χ1v) is 8.88. The van der Waals surface area contributed by atoms with Crippen molar-refractivity contribution in [2.75, 3.05) is 23.7 Å². The molecule has 0 spiro atoms. The van der Waals surface area contributed by atoms with E-state index in [4.69, 9.17) is 0 Å². The first-order chi connectivity index (χ1) is 12.6. The Morgan fingerprint density at radius 2 is 1.50 bits per heavy atom. The second kappa shape index (κ2) is 8.42. The maximum absolute atomic E-state index is 12.5. The van der Waals surface area contributed by atoms with Crippen molar-refractivity contribution in [2.24, 2.45) is 0 Å². The Kier molecular flexibility index (Phi) is 5.78. The summed E-state index contributed by atoms with van der Waals surface area (Å²) in [4.78, 5) is 33.9. The van der Waals surface area contributed by atoms with E-state index >= 15 is 0 Å². The van der Waals surface area contributed by atoms with Crippen molar-refractivity contribution < 1.29 is 9.59 Å². The van der Waals surface area contributed by atoms with Gasteiger partial charge in [-0.3, -0.25) is 9.59 Å². The molecule has 0 saturated carbocycles. The van der Waals surface area contributed by atoms with Crippen molar-refractivity contribution in [2.45, 2.75) is 32.6 Å². The molecule has 0 aliphatic carbocycles. The fourth-order valence-electron chi connectivity index (χ4n) is 2.93. The van der Waals surface area contributed by atoms with Gasteiger partial charge in [0.05, 0.1) is 5.56 Å². The lowest BCUT2D eigenvalue weighted by Gasteiger charge is -2.19. The molecule has 1 aromatic heterocycles. The molecular weight excluding hydrogens is 330 g/mol. The van der Waals surface area contributed by atoms with Gasteiger partial charge in [-0.2, -0.15) is 0 Å². The molecule has 26 heavy (non-hydrogen) atoms. The highest BCUT2D eigenvalue weighted by atomic mass is 16.2. The topological polar surface area (TPSA) is 87.2 Å². The maximum Gasteiger partial charge on any atom is 0.256 e. The molecule has 136 valence electrons. The van der Waals surface area contributed by atoms with Crippen LogP contribution >= 0.6 is 0 Å². The van der Waals surface area contributed by atoms with Crippen LogP contribution < -0.4 is 10.6 Å². The van der Waals surface area contributed by atoms with Gasteiger partial charge in [0.2, 0.25) is 11.9 Å². The van der Waals surface area contributed by atoms with Crippen molar-refractivity contribution in [3.63, 3.8) is 0 Å². The fourth-order valence-corrected chi connectivity index (χ4v) is 2.93. The monoisotopic (exact) mass is 353 g/mol. The number of rotatable bonds is 4. The minimum Gasteiger partial charge on any atom is -0.339 e. The van der Waals surface area contributed by atoms with E-state index < -0.39 is 0 Å². The molecule has 1 aliphatic heterocycles. The summed E-state index contributed by atoms with van der Waals surface area (Å²) >= 11 is 0. The van der Waals surface area contributed by atoms with Crippen LogP contribution in [0, 0.1) is 0 Å². The smallest absolute Gasteiger partial charge is 0.256 e. The van der Waals surface area contributed by atoms with E-state index in [2.05, 4.69) is 20.6 Å². The lowest BCUT2D eigenvalue weighted by molar-refractivity contribution is -0.114. The van der Waals surface area contributed by atoms with Crippen LogP contribution in [0.1, 0.15) is 43.0 Å². The summed E-state index contributed by atoms with van der Waals surface area (Å²) in [6.45, 7) is 3.08. The average molecular weight is 353 g/mol. The van der Waals surface area contributed by atoms with Crippen molar-refractivity contribution in [3.05, 3.63) is 42.2 Å². The average Bonchev–Trinajstić information content (AvgIpc) is 2.92. The molecule has 0 unspecified atom stereocenters. The van der Waals surface area contributed by atoms with Crippen LogP contribution in [-0.4, -0.2) is 39.8 Å². The summed E-state index contributed by atoms with van der Waals surface area (Å²) in [5, 5.41) is 5.79. The van der Waals surface area contributed by atoms with Gasteiger partial charge >= 0.3 is 0 Å². The van der Waals surface area contributed by atoms with E-state index in [1.165, 1.54) is 19.8 Å². The summed E-state index contributed by atoms with van der Waals surface area (Å²) < 4.78 is 0. The molecule has 0 atom stereocenters. The predicted molar refractivity (Wildman–Crippen MR) is 100 cm³/mol. The highest BCUT2D eigenvalue weighted by molar-refractivity contribution is 5.93. The Morgan fingerprint density at radius 1 is 0.923 bits per heavy atom. The highest BCUT2D eigenvalue weighted by Crippen LogP contribution is 2.17. The first-order valence-electron chi connectivity index (χ1n) is 8.88. The van der Waals surface area contributed by atoms with Gasteiger partial charge in [-0.1, -0.05) is 12.8 Å². The summed E-state index contributed by atoms with van der Waals surface area (Å²) in [6, 6.07) is 7.23. The standard InChI is InChI=1S/C19H23N5O2/c1-14(25)22-16-6-8-17(9-7-16)23-19-20-12-15(13-21-19)18(26)24-10-4-2-3-5-11-24/h6-9,12-13H,2-5,10-11H2,1H3,(H,22,25)(H,20,21,23). The Hall–Kier alpha value is -2.96. The van der Waals surface area contributed by atoms with Gasteiger partial charge in [-0.25, -0.2) is 9.97 Å². The first kappa shape index (κ1) is 17.8. The summed E-state index contributed by atoms with van der Waals surface area (Å²) in [5.41, 5.74) is 2.03. The van der Waals surface area contributed by atoms with Crippen molar-refractivity contribution in [1.29, 1.82) is 0 Å². The molecule has 1 aromatic carbocycles. The van der Waals surface area contributed by atoms with Gasteiger partial charge in [-0.15, -0.1) is 0 Å².